The Morgan fingerprint density at radius 2 is 2.04 bits per heavy atom. The number of hydrogen-bond acceptors (Lipinski definition) is 5. The van der Waals surface area contributed by atoms with E-state index in [1.165, 1.54) is 0 Å². The number of nitrogens with one attached hydrogen (secondary N) is 1. The van der Waals surface area contributed by atoms with Crippen LogP contribution in [0.2, 0.25) is 5.02 Å². The maximum absolute atomic E-state index is 11.8. The van der Waals surface area contributed by atoms with E-state index < -0.39 is 0 Å². The highest BCUT2D eigenvalue weighted by Crippen LogP contribution is 2.35. The van der Waals surface area contributed by atoms with E-state index in [0.717, 1.165) is 54.2 Å². The van der Waals surface area contributed by atoms with Gasteiger partial charge in [0.2, 0.25) is 0 Å². The number of H-pyrrole nitrogens is 1. The number of para-hydroxylation sites is 2. The summed E-state index contributed by atoms with van der Waals surface area (Å²) in [6.45, 7) is 2.20. The highest BCUT2D eigenvalue weighted by Gasteiger charge is 2.45. The van der Waals surface area contributed by atoms with Crippen LogP contribution < -0.4 is 4.90 Å². The number of imidazole rings is 1. The third-order valence-corrected chi connectivity index (χ3v) is 5.93. The van der Waals surface area contributed by atoms with Gasteiger partial charge in [-0.1, -0.05) is 23.7 Å². The van der Waals surface area contributed by atoms with Crippen LogP contribution in [0.15, 0.2) is 36.5 Å². The number of amides is 1. The van der Waals surface area contributed by atoms with Gasteiger partial charge in [0.05, 0.1) is 22.6 Å². The molecule has 1 amide bonds. The summed E-state index contributed by atoms with van der Waals surface area (Å²) < 4.78 is 5.64. The van der Waals surface area contributed by atoms with Crippen LogP contribution in [0.25, 0.3) is 22.4 Å². The van der Waals surface area contributed by atoms with Gasteiger partial charge in [0.25, 0.3) is 0 Å². The molecular formula is C20H20ClN5O2. The molecule has 1 spiro atoms. The minimum Gasteiger partial charge on any atom is -0.441 e. The molecule has 0 atom stereocenters. The number of likely N-dealkylation sites (N-methyl/N-ethyl adjacent to an activating group) is 1. The normalized spacial score (nSPS) is 18.9. The van der Waals surface area contributed by atoms with Crippen molar-refractivity contribution in [2.24, 2.45) is 0 Å². The zero-order chi connectivity index (χ0) is 19.3. The lowest BCUT2D eigenvalue weighted by Gasteiger charge is -2.38. The number of rotatable bonds is 2. The lowest BCUT2D eigenvalue weighted by molar-refractivity contribution is 0.0366. The molecule has 4 heterocycles. The smallest absolute Gasteiger partial charge is 0.410 e. The Kier molecular flexibility index (Phi) is 3.94. The average molecular weight is 398 g/mol. The van der Waals surface area contributed by atoms with E-state index in [9.17, 15) is 4.79 Å². The van der Waals surface area contributed by atoms with Crippen LogP contribution in [0.4, 0.5) is 10.6 Å². The fourth-order valence-electron chi connectivity index (χ4n) is 4.06. The minimum absolute atomic E-state index is 0.231. The maximum Gasteiger partial charge on any atom is 0.410 e. The van der Waals surface area contributed by atoms with Gasteiger partial charge in [-0.2, -0.15) is 0 Å². The first-order chi connectivity index (χ1) is 13.5. The number of nitrogens with zero attached hydrogens (tertiary/aromatic N) is 4. The Hall–Kier alpha value is -2.80. The summed E-state index contributed by atoms with van der Waals surface area (Å²) in [5.41, 5.74) is 2.34. The second-order valence-electron chi connectivity index (χ2n) is 7.52. The Balaban J connectivity index is 1.40. The van der Waals surface area contributed by atoms with E-state index in [-0.39, 0.29) is 11.7 Å². The Morgan fingerprint density at radius 1 is 1.25 bits per heavy atom. The Labute approximate surface area is 167 Å². The Morgan fingerprint density at radius 3 is 2.75 bits per heavy atom. The number of aromatic amines is 1. The fourth-order valence-corrected chi connectivity index (χ4v) is 4.25. The molecule has 2 saturated heterocycles. The number of fused-ring (bicyclic) bond motifs is 1. The first-order valence-electron chi connectivity index (χ1n) is 9.33. The van der Waals surface area contributed by atoms with Crippen LogP contribution in [0.5, 0.6) is 0 Å². The molecule has 1 N–H and O–H groups in total. The lowest BCUT2D eigenvalue weighted by Crippen LogP contribution is -2.47. The molecule has 0 saturated carbocycles. The number of benzene rings is 1. The van der Waals surface area contributed by atoms with Crippen LogP contribution in [-0.4, -0.2) is 58.2 Å². The van der Waals surface area contributed by atoms with Crippen molar-refractivity contribution in [3.8, 4) is 11.4 Å². The zero-order valence-corrected chi connectivity index (χ0v) is 16.2. The van der Waals surface area contributed by atoms with Crippen LogP contribution in [0, 0.1) is 0 Å². The third-order valence-electron chi connectivity index (χ3n) is 5.62. The van der Waals surface area contributed by atoms with Gasteiger partial charge < -0.3 is 19.5 Å². The van der Waals surface area contributed by atoms with Gasteiger partial charge >= 0.3 is 6.09 Å². The summed E-state index contributed by atoms with van der Waals surface area (Å²) in [5.74, 6) is 1.59. The number of aromatic nitrogens is 3. The van der Waals surface area contributed by atoms with E-state index in [1.807, 2.05) is 30.3 Å². The second kappa shape index (κ2) is 6.38. The molecule has 0 unspecified atom stereocenters. The molecule has 28 heavy (non-hydrogen) atoms. The van der Waals surface area contributed by atoms with Crippen molar-refractivity contribution in [1.82, 2.24) is 19.9 Å². The molecule has 2 fully saturated rings. The fraction of sp³-hybridized carbons (Fsp3) is 0.350. The molecule has 2 aliphatic rings. The highest BCUT2D eigenvalue weighted by molar-refractivity contribution is 6.33. The maximum atomic E-state index is 11.8. The van der Waals surface area contributed by atoms with Crippen LogP contribution in [0.1, 0.15) is 12.8 Å². The summed E-state index contributed by atoms with van der Waals surface area (Å²) in [7, 11) is 1.78. The first kappa shape index (κ1) is 17.3. The summed E-state index contributed by atoms with van der Waals surface area (Å²) in [6.07, 6.45) is 3.01. The SMILES string of the molecule is CN1CC2(CCN(c3cc(-c4nc5ccccc5[nH]4)c(Cl)cn3)CC2)OC1=O. The van der Waals surface area contributed by atoms with Gasteiger partial charge in [0, 0.05) is 44.7 Å². The predicted octanol–water partition coefficient (Wildman–Crippen LogP) is 3.70. The largest absolute Gasteiger partial charge is 0.441 e. The van der Waals surface area contributed by atoms with Crippen LogP contribution >= 0.6 is 11.6 Å². The molecular weight excluding hydrogens is 378 g/mol. The summed E-state index contributed by atoms with van der Waals surface area (Å²) in [5, 5.41) is 0.558. The van der Waals surface area contributed by atoms with Crippen molar-refractivity contribution < 1.29 is 9.53 Å². The van der Waals surface area contributed by atoms with E-state index in [1.54, 1.807) is 18.1 Å². The highest BCUT2D eigenvalue weighted by atomic mass is 35.5. The zero-order valence-electron chi connectivity index (χ0n) is 15.5. The predicted molar refractivity (Wildman–Crippen MR) is 108 cm³/mol. The van der Waals surface area contributed by atoms with Crippen molar-refractivity contribution in [2.75, 3.05) is 31.6 Å². The van der Waals surface area contributed by atoms with Crippen molar-refractivity contribution in [2.45, 2.75) is 18.4 Å². The minimum atomic E-state index is -0.365. The number of halogens is 1. The quantitative estimate of drug-likeness (QED) is 0.713. The molecule has 2 aromatic heterocycles. The van der Waals surface area contributed by atoms with Crippen molar-refractivity contribution in [3.63, 3.8) is 0 Å². The van der Waals surface area contributed by atoms with Crippen molar-refractivity contribution >= 4 is 34.5 Å². The molecule has 1 aromatic carbocycles. The second-order valence-corrected chi connectivity index (χ2v) is 7.93. The van der Waals surface area contributed by atoms with Crippen LogP contribution in [-0.2, 0) is 4.74 Å². The van der Waals surface area contributed by atoms with Crippen molar-refractivity contribution in [3.05, 3.63) is 41.6 Å². The molecule has 8 heteroatoms. The van der Waals surface area contributed by atoms with E-state index in [0.29, 0.717) is 11.6 Å². The molecule has 0 aliphatic carbocycles. The van der Waals surface area contributed by atoms with Gasteiger partial charge in [0.15, 0.2) is 0 Å². The van der Waals surface area contributed by atoms with E-state index in [2.05, 4.69) is 19.9 Å². The number of pyridine rings is 1. The lowest BCUT2D eigenvalue weighted by atomic mass is 9.91. The standard InChI is InChI=1S/C20H20ClN5O2/c1-25-12-20(28-19(25)27)6-8-26(9-7-20)17-10-13(14(21)11-22-17)18-23-15-4-2-3-5-16(15)24-18/h2-5,10-11H,6-9,12H2,1H3,(H,23,24). The van der Waals surface area contributed by atoms with Gasteiger partial charge in [-0.15, -0.1) is 0 Å². The molecule has 7 nitrogen and oxygen atoms in total. The number of carbonyl (C=O) groups is 1. The number of ether oxygens (including phenoxy) is 1. The Bertz CT molecular complexity index is 1020. The summed E-state index contributed by atoms with van der Waals surface area (Å²) in [6, 6.07) is 9.87. The molecule has 0 radical (unpaired) electrons. The van der Waals surface area contributed by atoms with E-state index in [4.69, 9.17) is 16.3 Å². The van der Waals surface area contributed by atoms with Gasteiger partial charge in [0.1, 0.15) is 17.2 Å². The summed E-state index contributed by atoms with van der Waals surface area (Å²) in [4.78, 5) is 28.1. The summed E-state index contributed by atoms with van der Waals surface area (Å²) >= 11 is 6.42. The third kappa shape index (κ3) is 2.86. The molecule has 3 aromatic rings. The first-order valence-corrected chi connectivity index (χ1v) is 9.71. The van der Waals surface area contributed by atoms with Crippen molar-refractivity contribution in [1.29, 1.82) is 0 Å². The molecule has 2 aliphatic heterocycles. The van der Waals surface area contributed by atoms with E-state index >= 15 is 0 Å². The monoisotopic (exact) mass is 397 g/mol. The number of carbonyl (C=O) groups excluding carboxylic acids is 1. The molecule has 5 rings (SSSR count). The topological polar surface area (TPSA) is 74.3 Å². The van der Waals surface area contributed by atoms with Gasteiger partial charge in [-0.05, 0) is 18.2 Å². The number of piperidine rings is 1. The molecule has 144 valence electrons. The van der Waals surface area contributed by atoms with Gasteiger partial charge in [-0.25, -0.2) is 14.8 Å². The number of anilines is 1. The molecule has 0 bridgehead atoms. The average Bonchev–Trinajstić information content (AvgIpc) is 3.24. The number of hydrogen-bond donors (Lipinski definition) is 1. The van der Waals surface area contributed by atoms with Gasteiger partial charge in [-0.3, -0.25) is 0 Å². The van der Waals surface area contributed by atoms with Crippen LogP contribution in [0.3, 0.4) is 0 Å².